The van der Waals surface area contributed by atoms with E-state index in [-0.39, 0.29) is 4.90 Å². The minimum absolute atomic E-state index is 0.104. The highest BCUT2D eigenvalue weighted by atomic mass is 32.2. The van der Waals surface area contributed by atoms with Crippen LogP contribution in [0.4, 0.5) is 0 Å². The fourth-order valence-electron chi connectivity index (χ4n) is 1.80. The van der Waals surface area contributed by atoms with Crippen LogP contribution in [0, 0.1) is 5.92 Å². The van der Waals surface area contributed by atoms with Crippen LogP contribution in [0.1, 0.15) is 6.42 Å². The molecule has 3 N–H and O–H groups in total. The largest absolute Gasteiger partial charge is 0.493 e. The molecule has 0 spiro atoms. The fraction of sp³-hybridized carbons (Fsp3) is 0.455. The monoisotopic (exact) mass is 256 g/mol. The van der Waals surface area contributed by atoms with Gasteiger partial charge >= 0.3 is 0 Å². The molecule has 1 unspecified atom stereocenters. The second-order valence-corrected chi connectivity index (χ2v) is 5.75. The first-order chi connectivity index (χ1) is 8.05. The number of nitrogens with two attached hydrogens (primary N) is 1. The van der Waals surface area contributed by atoms with Crippen molar-refractivity contribution in [2.45, 2.75) is 11.3 Å². The lowest BCUT2D eigenvalue weighted by molar-refractivity contribution is 0.260. The topological polar surface area (TPSA) is 81.4 Å². The van der Waals surface area contributed by atoms with Gasteiger partial charge in [-0.2, -0.15) is 0 Å². The number of hydrogen-bond acceptors (Lipinski definition) is 4. The zero-order valence-corrected chi connectivity index (χ0v) is 10.2. The van der Waals surface area contributed by atoms with Crippen LogP contribution in [0.3, 0.4) is 0 Å². The molecule has 1 aliphatic heterocycles. The minimum Gasteiger partial charge on any atom is -0.493 e. The third kappa shape index (κ3) is 3.42. The van der Waals surface area contributed by atoms with Crippen LogP contribution in [0.25, 0.3) is 0 Å². The maximum atomic E-state index is 11.0. The molecule has 1 aliphatic rings. The zero-order valence-electron chi connectivity index (χ0n) is 9.43. The predicted octanol–water partition coefficient (Wildman–Crippen LogP) is 0.322. The molecule has 1 fully saturated rings. The first kappa shape index (κ1) is 12.3. The van der Waals surface area contributed by atoms with E-state index < -0.39 is 10.0 Å². The molecule has 5 nitrogen and oxygen atoms in total. The van der Waals surface area contributed by atoms with Gasteiger partial charge in [-0.1, -0.05) is 0 Å². The van der Waals surface area contributed by atoms with E-state index in [1.807, 2.05) is 0 Å². The lowest BCUT2D eigenvalue weighted by atomic mass is 10.1. The second kappa shape index (κ2) is 5.03. The van der Waals surface area contributed by atoms with Gasteiger partial charge in [0.15, 0.2) is 0 Å². The van der Waals surface area contributed by atoms with Crippen molar-refractivity contribution in [2.24, 2.45) is 11.1 Å². The number of sulfonamides is 1. The Morgan fingerprint density at radius 2 is 2.06 bits per heavy atom. The molecule has 0 radical (unpaired) electrons. The Morgan fingerprint density at radius 3 is 2.59 bits per heavy atom. The van der Waals surface area contributed by atoms with Gasteiger partial charge in [0.25, 0.3) is 0 Å². The summed E-state index contributed by atoms with van der Waals surface area (Å²) in [5.41, 5.74) is 0. The van der Waals surface area contributed by atoms with E-state index in [1.165, 1.54) is 12.1 Å². The smallest absolute Gasteiger partial charge is 0.238 e. The van der Waals surface area contributed by atoms with Crippen LogP contribution < -0.4 is 15.2 Å². The molecule has 1 aromatic rings. The van der Waals surface area contributed by atoms with Gasteiger partial charge in [0.05, 0.1) is 11.5 Å². The lowest BCUT2D eigenvalue weighted by Crippen LogP contribution is -2.15. The van der Waals surface area contributed by atoms with Gasteiger partial charge in [-0.3, -0.25) is 0 Å². The molecule has 2 rings (SSSR count). The third-order valence-corrected chi connectivity index (χ3v) is 3.73. The van der Waals surface area contributed by atoms with E-state index in [9.17, 15) is 8.42 Å². The Bertz CT molecular complexity index is 464. The molecule has 0 saturated carbocycles. The quantitative estimate of drug-likeness (QED) is 0.813. The molecule has 0 aliphatic carbocycles. The number of nitrogens with one attached hydrogen (secondary N) is 1. The highest BCUT2D eigenvalue weighted by Gasteiger charge is 2.15. The molecular weight excluding hydrogens is 240 g/mol. The maximum absolute atomic E-state index is 11.0. The summed E-state index contributed by atoms with van der Waals surface area (Å²) in [4.78, 5) is 0.104. The summed E-state index contributed by atoms with van der Waals surface area (Å²) in [5.74, 6) is 1.21. The molecule has 1 atom stereocenters. The van der Waals surface area contributed by atoms with E-state index in [0.29, 0.717) is 18.3 Å². The predicted molar refractivity (Wildman–Crippen MR) is 64.3 cm³/mol. The first-order valence-electron chi connectivity index (χ1n) is 5.52. The zero-order chi connectivity index (χ0) is 12.3. The van der Waals surface area contributed by atoms with Crippen molar-refractivity contribution in [1.29, 1.82) is 0 Å². The van der Waals surface area contributed by atoms with Crippen molar-refractivity contribution in [3.63, 3.8) is 0 Å². The normalized spacial score (nSPS) is 20.4. The van der Waals surface area contributed by atoms with Crippen LogP contribution in [-0.2, 0) is 10.0 Å². The molecule has 1 saturated heterocycles. The average molecular weight is 256 g/mol. The van der Waals surface area contributed by atoms with Crippen molar-refractivity contribution < 1.29 is 13.2 Å². The van der Waals surface area contributed by atoms with Crippen LogP contribution in [0.2, 0.25) is 0 Å². The van der Waals surface area contributed by atoms with Crippen LogP contribution in [0.5, 0.6) is 5.75 Å². The van der Waals surface area contributed by atoms with Gasteiger partial charge < -0.3 is 10.1 Å². The van der Waals surface area contributed by atoms with E-state index in [2.05, 4.69) is 5.32 Å². The molecular formula is C11H16N2O3S. The van der Waals surface area contributed by atoms with Gasteiger partial charge in [-0.15, -0.1) is 0 Å². The number of hydrogen-bond donors (Lipinski definition) is 2. The van der Waals surface area contributed by atoms with Crippen molar-refractivity contribution in [3.8, 4) is 5.75 Å². The Labute approximate surface area is 101 Å². The summed E-state index contributed by atoms with van der Waals surface area (Å²) in [6, 6.07) is 6.17. The summed E-state index contributed by atoms with van der Waals surface area (Å²) in [7, 11) is -3.62. The number of rotatable bonds is 4. The highest BCUT2D eigenvalue weighted by molar-refractivity contribution is 7.89. The Balaban J connectivity index is 1.94. The van der Waals surface area contributed by atoms with Crippen LogP contribution >= 0.6 is 0 Å². The molecule has 0 aromatic heterocycles. The molecule has 17 heavy (non-hydrogen) atoms. The second-order valence-electron chi connectivity index (χ2n) is 4.19. The third-order valence-electron chi connectivity index (χ3n) is 2.80. The van der Waals surface area contributed by atoms with E-state index in [4.69, 9.17) is 9.88 Å². The van der Waals surface area contributed by atoms with E-state index in [0.717, 1.165) is 19.5 Å². The SMILES string of the molecule is NS(=O)(=O)c1ccc(OCC2CCNC2)cc1. The molecule has 94 valence electrons. The molecule has 1 heterocycles. The Hall–Kier alpha value is -1.11. The van der Waals surface area contributed by atoms with Gasteiger partial charge in [0, 0.05) is 12.5 Å². The van der Waals surface area contributed by atoms with E-state index >= 15 is 0 Å². The van der Waals surface area contributed by atoms with Crippen molar-refractivity contribution in [1.82, 2.24) is 5.32 Å². The number of benzene rings is 1. The van der Waals surface area contributed by atoms with Gasteiger partial charge in [-0.25, -0.2) is 13.6 Å². The van der Waals surface area contributed by atoms with Gasteiger partial charge in [0.1, 0.15) is 5.75 Å². The fourth-order valence-corrected chi connectivity index (χ4v) is 2.31. The Morgan fingerprint density at radius 1 is 1.35 bits per heavy atom. The molecule has 0 bridgehead atoms. The summed E-state index contributed by atoms with van der Waals surface area (Å²) >= 11 is 0. The summed E-state index contributed by atoms with van der Waals surface area (Å²) in [6.45, 7) is 2.68. The van der Waals surface area contributed by atoms with Crippen molar-refractivity contribution in [2.75, 3.05) is 19.7 Å². The summed E-state index contributed by atoms with van der Waals surface area (Å²) < 4.78 is 27.7. The average Bonchev–Trinajstić information content (AvgIpc) is 2.78. The minimum atomic E-state index is -3.62. The van der Waals surface area contributed by atoms with Crippen molar-refractivity contribution >= 4 is 10.0 Å². The van der Waals surface area contributed by atoms with Gasteiger partial charge in [0.2, 0.25) is 10.0 Å². The molecule has 0 amide bonds. The van der Waals surface area contributed by atoms with E-state index in [1.54, 1.807) is 12.1 Å². The lowest BCUT2D eigenvalue weighted by Gasteiger charge is -2.10. The molecule has 1 aromatic carbocycles. The standard InChI is InChI=1S/C11H16N2O3S/c12-17(14,15)11-3-1-10(2-4-11)16-8-9-5-6-13-7-9/h1-4,9,13H,5-8H2,(H2,12,14,15). The summed E-state index contributed by atoms with van der Waals surface area (Å²) in [6.07, 6.45) is 1.12. The van der Waals surface area contributed by atoms with Crippen LogP contribution in [-0.4, -0.2) is 28.1 Å². The van der Waals surface area contributed by atoms with Crippen LogP contribution in [0.15, 0.2) is 29.2 Å². The van der Waals surface area contributed by atoms with Gasteiger partial charge in [-0.05, 0) is 37.2 Å². The number of primary sulfonamides is 1. The number of ether oxygens (including phenoxy) is 1. The maximum Gasteiger partial charge on any atom is 0.238 e. The summed E-state index contributed by atoms with van der Waals surface area (Å²) in [5, 5.41) is 8.27. The Kier molecular flexibility index (Phi) is 3.66. The van der Waals surface area contributed by atoms with Crippen molar-refractivity contribution in [3.05, 3.63) is 24.3 Å². The molecule has 6 heteroatoms. The first-order valence-corrected chi connectivity index (χ1v) is 7.07. The highest BCUT2D eigenvalue weighted by Crippen LogP contribution is 2.17.